The van der Waals surface area contributed by atoms with Crippen molar-refractivity contribution >= 4 is 22.7 Å². The molecule has 0 aliphatic heterocycles. The predicted octanol–water partition coefficient (Wildman–Crippen LogP) is 10.5. The van der Waals surface area contributed by atoms with Gasteiger partial charge in [0, 0.05) is 14.6 Å². The van der Waals surface area contributed by atoms with Crippen molar-refractivity contribution in [3.05, 3.63) is 56.5 Å². The smallest absolute Gasteiger partial charge is 0.0474 e. The summed E-state index contributed by atoms with van der Waals surface area (Å²) >= 11 is 3.99. The molecule has 0 bridgehead atoms. The van der Waals surface area contributed by atoms with Crippen LogP contribution >= 0.6 is 22.7 Å². The Labute approximate surface area is 205 Å². The Bertz CT molecular complexity index is 1000. The molecule has 3 rings (SSSR count). The van der Waals surface area contributed by atoms with Gasteiger partial charge in [0.05, 0.1) is 0 Å². The van der Waals surface area contributed by atoms with Gasteiger partial charge in [0.25, 0.3) is 0 Å². The Morgan fingerprint density at radius 2 is 1.19 bits per heavy atom. The maximum Gasteiger partial charge on any atom is 0.0474 e. The number of hydrogen-bond acceptors (Lipinski definition) is 2. The largest absolute Gasteiger partial charge is 0.143 e. The number of hydrogen-bond donors (Lipinski definition) is 0. The van der Waals surface area contributed by atoms with Gasteiger partial charge in [0.2, 0.25) is 0 Å². The molecular weight excluding hydrogens is 424 g/mol. The molecule has 0 atom stereocenters. The molecule has 2 heterocycles. The normalized spacial score (nSPS) is 11.5. The van der Waals surface area contributed by atoms with Crippen LogP contribution in [0.15, 0.2) is 17.5 Å². The van der Waals surface area contributed by atoms with Crippen LogP contribution in [0.5, 0.6) is 0 Å². The van der Waals surface area contributed by atoms with E-state index in [1.54, 1.807) is 11.1 Å². The van der Waals surface area contributed by atoms with Crippen molar-refractivity contribution in [1.29, 1.82) is 0 Å². The molecule has 0 amide bonds. The Morgan fingerprint density at radius 3 is 1.84 bits per heavy atom. The van der Waals surface area contributed by atoms with Crippen molar-refractivity contribution in [2.24, 2.45) is 0 Å². The molecule has 2 heteroatoms. The molecule has 2 aromatic heterocycles. The average Bonchev–Trinajstić information content (AvgIpc) is 3.41. The first kappa shape index (κ1) is 25.2. The van der Waals surface area contributed by atoms with Crippen LogP contribution in [0.25, 0.3) is 20.2 Å². The molecule has 0 radical (unpaired) electrons. The summed E-state index contributed by atoms with van der Waals surface area (Å²) in [6.07, 6.45) is 11.6. The third-order valence-corrected chi connectivity index (χ3v) is 9.69. The summed E-state index contributed by atoms with van der Waals surface area (Å²) in [6.45, 7) is 16.2. The third-order valence-electron chi connectivity index (χ3n) is 7.36. The summed E-state index contributed by atoms with van der Waals surface area (Å²) in [5, 5.41) is 2.30. The van der Waals surface area contributed by atoms with E-state index in [1.165, 1.54) is 106 Å². The van der Waals surface area contributed by atoms with E-state index in [2.05, 4.69) is 66.0 Å². The fourth-order valence-electron chi connectivity index (χ4n) is 4.83. The fourth-order valence-corrected chi connectivity index (χ4v) is 7.31. The lowest BCUT2D eigenvalue weighted by Crippen LogP contribution is -2.00. The molecule has 32 heavy (non-hydrogen) atoms. The van der Waals surface area contributed by atoms with Crippen molar-refractivity contribution in [3.8, 4) is 20.2 Å². The third kappa shape index (κ3) is 5.39. The molecule has 0 nitrogen and oxygen atoms in total. The number of benzene rings is 1. The monoisotopic (exact) mass is 466 g/mol. The summed E-state index contributed by atoms with van der Waals surface area (Å²) in [7, 11) is 0. The molecule has 0 spiro atoms. The molecule has 0 saturated carbocycles. The maximum absolute atomic E-state index is 2.55. The number of aryl methyl sites for hydroxylation is 2. The van der Waals surface area contributed by atoms with Crippen molar-refractivity contribution in [2.45, 2.75) is 106 Å². The van der Waals surface area contributed by atoms with Gasteiger partial charge in [0.15, 0.2) is 0 Å². The van der Waals surface area contributed by atoms with Gasteiger partial charge >= 0.3 is 0 Å². The van der Waals surface area contributed by atoms with Crippen molar-refractivity contribution < 1.29 is 0 Å². The molecule has 174 valence electrons. The van der Waals surface area contributed by atoms with Crippen LogP contribution in [0.4, 0.5) is 0 Å². The lowest BCUT2D eigenvalue weighted by molar-refractivity contribution is 0.668. The Kier molecular flexibility index (Phi) is 9.20. The van der Waals surface area contributed by atoms with E-state index in [-0.39, 0.29) is 0 Å². The van der Waals surface area contributed by atoms with E-state index in [4.69, 9.17) is 0 Å². The van der Waals surface area contributed by atoms with Gasteiger partial charge < -0.3 is 0 Å². The molecule has 0 aliphatic rings. The predicted molar refractivity (Wildman–Crippen MR) is 148 cm³/mol. The minimum absolute atomic E-state index is 1.20. The Morgan fingerprint density at radius 1 is 0.625 bits per heavy atom. The molecular formula is C30H42S2. The first-order valence-corrected chi connectivity index (χ1v) is 14.4. The van der Waals surface area contributed by atoms with E-state index in [0.29, 0.717) is 0 Å². The second-order valence-corrected chi connectivity index (χ2v) is 11.5. The quantitative estimate of drug-likeness (QED) is 0.246. The van der Waals surface area contributed by atoms with E-state index in [0.717, 1.165) is 0 Å². The second kappa shape index (κ2) is 11.7. The van der Waals surface area contributed by atoms with Crippen LogP contribution in [0, 0.1) is 34.6 Å². The van der Waals surface area contributed by atoms with Crippen LogP contribution in [0.3, 0.4) is 0 Å². The summed E-state index contributed by atoms with van der Waals surface area (Å²) in [5.74, 6) is 0. The number of thiophene rings is 2. The minimum atomic E-state index is 1.20. The molecule has 0 unspecified atom stereocenters. The molecule has 0 fully saturated rings. The molecule has 0 saturated heterocycles. The summed E-state index contributed by atoms with van der Waals surface area (Å²) in [6, 6.07) is 4.91. The maximum atomic E-state index is 2.55. The SMILES string of the molecule is CCCCCCc1cc(-c2sccc2CCCCC)sc1-c1c(C)c(C)c(C)c(C)c1C. The summed E-state index contributed by atoms with van der Waals surface area (Å²) < 4.78 is 0. The molecule has 3 aromatic rings. The number of rotatable bonds is 11. The zero-order valence-electron chi connectivity index (χ0n) is 21.4. The first-order valence-electron chi connectivity index (χ1n) is 12.7. The first-order chi connectivity index (χ1) is 15.4. The average molecular weight is 467 g/mol. The van der Waals surface area contributed by atoms with Gasteiger partial charge in [-0.2, -0.15) is 0 Å². The highest BCUT2D eigenvalue weighted by Crippen LogP contribution is 2.45. The van der Waals surface area contributed by atoms with Gasteiger partial charge in [-0.05, 0) is 122 Å². The Hall–Kier alpha value is -1.38. The fraction of sp³-hybridized carbons (Fsp3) is 0.533. The van der Waals surface area contributed by atoms with E-state index in [1.807, 2.05) is 22.7 Å². The summed E-state index contributed by atoms with van der Waals surface area (Å²) in [4.78, 5) is 4.54. The van der Waals surface area contributed by atoms with Crippen molar-refractivity contribution in [3.63, 3.8) is 0 Å². The van der Waals surface area contributed by atoms with Gasteiger partial charge in [-0.15, -0.1) is 22.7 Å². The zero-order chi connectivity index (χ0) is 23.3. The van der Waals surface area contributed by atoms with Gasteiger partial charge in [-0.3, -0.25) is 0 Å². The van der Waals surface area contributed by atoms with E-state index < -0.39 is 0 Å². The molecule has 0 aliphatic carbocycles. The Balaban J connectivity index is 2.07. The van der Waals surface area contributed by atoms with Crippen molar-refractivity contribution in [2.75, 3.05) is 0 Å². The van der Waals surface area contributed by atoms with Crippen molar-refractivity contribution in [1.82, 2.24) is 0 Å². The second-order valence-electron chi connectivity index (χ2n) is 9.51. The lowest BCUT2D eigenvalue weighted by atomic mass is 9.87. The van der Waals surface area contributed by atoms with Crippen LogP contribution in [0.1, 0.15) is 97.7 Å². The highest BCUT2D eigenvalue weighted by Gasteiger charge is 2.21. The van der Waals surface area contributed by atoms with Crippen LogP contribution < -0.4 is 0 Å². The lowest BCUT2D eigenvalue weighted by Gasteiger charge is -2.19. The van der Waals surface area contributed by atoms with Crippen LogP contribution in [-0.4, -0.2) is 0 Å². The van der Waals surface area contributed by atoms with Crippen LogP contribution in [-0.2, 0) is 12.8 Å². The minimum Gasteiger partial charge on any atom is -0.143 e. The topological polar surface area (TPSA) is 0 Å². The van der Waals surface area contributed by atoms with Gasteiger partial charge in [-0.1, -0.05) is 46.0 Å². The molecule has 0 N–H and O–H groups in total. The van der Waals surface area contributed by atoms with Crippen LogP contribution in [0.2, 0.25) is 0 Å². The summed E-state index contributed by atoms with van der Waals surface area (Å²) in [5.41, 5.74) is 12.0. The van der Waals surface area contributed by atoms with E-state index in [9.17, 15) is 0 Å². The number of unbranched alkanes of at least 4 members (excludes halogenated alkanes) is 5. The van der Waals surface area contributed by atoms with Gasteiger partial charge in [0.1, 0.15) is 0 Å². The van der Waals surface area contributed by atoms with Gasteiger partial charge in [-0.25, -0.2) is 0 Å². The highest BCUT2D eigenvalue weighted by atomic mass is 32.1. The van der Waals surface area contributed by atoms with E-state index >= 15 is 0 Å². The zero-order valence-corrected chi connectivity index (χ0v) is 23.0. The standard InChI is InChI=1S/C30H42S2/c1-8-10-12-14-16-26-19-27(29-25(17-18-31-29)15-13-11-9-2)32-30(26)28-23(6)21(4)20(3)22(5)24(28)7/h17-19H,8-16H2,1-7H3. The highest BCUT2D eigenvalue weighted by molar-refractivity contribution is 7.23. The molecule has 1 aromatic carbocycles.